The molecule has 1 heterocycles. The molecule has 1 N–H and O–H groups in total. The van der Waals surface area contributed by atoms with Gasteiger partial charge in [0.1, 0.15) is 30.5 Å². The number of aliphatic hydroxyl groups is 1. The van der Waals surface area contributed by atoms with Gasteiger partial charge in [0.2, 0.25) is 0 Å². The quantitative estimate of drug-likeness (QED) is 0.381. The average Bonchev–Trinajstić information content (AvgIpc) is 3.31. The summed E-state index contributed by atoms with van der Waals surface area (Å²) in [4.78, 5) is 12.9. The summed E-state index contributed by atoms with van der Waals surface area (Å²) in [5.74, 6) is 1.47. The van der Waals surface area contributed by atoms with E-state index in [4.69, 9.17) is 9.15 Å². The minimum absolute atomic E-state index is 0.157. The maximum absolute atomic E-state index is 10.8. The molecule has 0 spiro atoms. The number of rotatable bonds is 10. The van der Waals surface area contributed by atoms with Crippen molar-refractivity contribution in [3.05, 3.63) is 102 Å². The van der Waals surface area contributed by atoms with Crippen LogP contribution in [0.15, 0.2) is 89.5 Å². The second-order valence-corrected chi connectivity index (χ2v) is 7.54. The molecule has 31 heavy (non-hydrogen) atoms. The van der Waals surface area contributed by atoms with Crippen molar-refractivity contribution in [1.29, 1.82) is 0 Å². The Morgan fingerprint density at radius 2 is 1.74 bits per heavy atom. The van der Waals surface area contributed by atoms with Crippen LogP contribution in [0.5, 0.6) is 5.75 Å². The van der Waals surface area contributed by atoms with Crippen molar-refractivity contribution in [2.75, 3.05) is 13.2 Å². The molecule has 0 aliphatic rings. The van der Waals surface area contributed by atoms with Gasteiger partial charge in [-0.05, 0) is 52.7 Å². The molecule has 0 bridgehead atoms. The number of carbonyl (C=O) groups is 1. The highest BCUT2D eigenvalue weighted by Crippen LogP contribution is 2.21. The summed E-state index contributed by atoms with van der Waals surface area (Å²) in [5.41, 5.74) is 1.79. The molecule has 5 heteroatoms. The standard InChI is InChI=1S/C26H25NO4/c28-18-20-10-12-24(13-11-20)31-19-23(29)16-27(17-25-8-4-14-30-25)15-22-7-3-6-21-5-1-2-9-26(21)22/h1-14,18,23,29H,15-17,19H2. The predicted molar refractivity (Wildman–Crippen MR) is 120 cm³/mol. The third-order valence-electron chi connectivity index (χ3n) is 5.16. The van der Waals surface area contributed by atoms with E-state index in [-0.39, 0.29) is 6.61 Å². The van der Waals surface area contributed by atoms with Crippen molar-refractivity contribution in [2.45, 2.75) is 19.2 Å². The molecule has 0 fully saturated rings. The smallest absolute Gasteiger partial charge is 0.150 e. The normalized spacial score (nSPS) is 12.2. The Hall–Kier alpha value is -3.41. The fraction of sp³-hybridized carbons (Fsp3) is 0.192. The lowest BCUT2D eigenvalue weighted by Gasteiger charge is -2.25. The van der Waals surface area contributed by atoms with Crippen molar-refractivity contribution < 1.29 is 19.1 Å². The Kier molecular flexibility index (Phi) is 6.77. The highest BCUT2D eigenvalue weighted by molar-refractivity contribution is 5.85. The first-order valence-corrected chi connectivity index (χ1v) is 10.3. The van der Waals surface area contributed by atoms with Crippen LogP contribution < -0.4 is 4.74 Å². The van der Waals surface area contributed by atoms with Gasteiger partial charge in [-0.2, -0.15) is 0 Å². The van der Waals surface area contributed by atoms with E-state index in [1.165, 1.54) is 16.3 Å². The number of hydrogen-bond donors (Lipinski definition) is 1. The Labute approximate surface area is 181 Å². The van der Waals surface area contributed by atoms with Gasteiger partial charge in [0.05, 0.1) is 12.8 Å². The summed E-state index contributed by atoms with van der Waals surface area (Å²) in [7, 11) is 0. The largest absolute Gasteiger partial charge is 0.491 e. The molecule has 5 nitrogen and oxygen atoms in total. The van der Waals surface area contributed by atoms with Crippen LogP contribution in [-0.4, -0.2) is 35.5 Å². The number of fused-ring (bicyclic) bond motifs is 1. The van der Waals surface area contributed by atoms with Crippen molar-refractivity contribution in [3.63, 3.8) is 0 Å². The maximum atomic E-state index is 10.8. The fourth-order valence-corrected chi connectivity index (χ4v) is 3.66. The fourth-order valence-electron chi connectivity index (χ4n) is 3.66. The van der Waals surface area contributed by atoms with Crippen molar-refractivity contribution in [2.24, 2.45) is 0 Å². The molecule has 1 atom stereocenters. The SMILES string of the molecule is O=Cc1ccc(OCC(O)CN(Cc2ccco2)Cc2cccc3ccccc23)cc1. The predicted octanol–water partition coefficient (Wildman–Crippen LogP) is 4.69. The zero-order valence-corrected chi connectivity index (χ0v) is 17.2. The van der Waals surface area contributed by atoms with Crippen molar-refractivity contribution in [3.8, 4) is 5.75 Å². The van der Waals surface area contributed by atoms with Gasteiger partial charge in [0.25, 0.3) is 0 Å². The minimum Gasteiger partial charge on any atom is -0.491 e. The van der Waals surface area contributed by atoms with Gasteiger partial charge < -0.3 is 14.3 Å². The lowest BCUT2D eigenvalue weighted by atomic mass is 10.0. The van der Waals surface area contributed by atoms with Crippen LogP contribution in [0.3, 0.4) is 0 Å². The summed E-state index contributed by atoms with van der Waals surface area (Å²) in [6.07, 6.45) is 1.77. The molecule has 158 valence electrons. The molecule has 0 saturated carbocycles. The molecule has 0 saturated heterocycles. The van der Waals surface area contributed by atoms with E-state index in [1.54, 1.807) is 30.5 Å². The molecular weight excluding hydrogens is 390 g/mol. The van der Waals surface area contributed by atoms with Crippen LogP contribution in [0.2, 0.25) is 0 Å². The van der Waals surface area contributed by atoms with E-state index < -0.39 is 6.10 Å². The summed E-state index contributed by atoms with van der Waals surface area (Å²) < 4.78 is 11.2. The van der Waals surface area contributed by atoms with Gasteiger partial charge in [-0.25, -0.2) is 0 Å². The van der Waals surface area contributed by atoms with Crippen LogP contribution in [0.25, 0.3) is 10.8 Å². The Morgan fingerprint density at radius 1 is 0.935 bits per heavy atom. The summed E-state index contributed by atoms with van der Waals surface area (Å²) in [5, 5.41) is 13.0. The van der Waals surface area contributed by atoms with Gasteiger partial charge in [-0.1, -0.05) is 42.5 Å². The maximum Gasteiger partial charge on any atom is 0.150 e. The number of hydrogen-bond acceptors (Lipinski definition) is 5. The molecule has 3 aromatic carbocycles. The third-order valence-corrected chi connectivity index (χ3v) is 5.16. The molecule has 4 aromatic rings. The zero-order chi connectivity index (χ0) is 21.5. The van der Waals surface area contributed by atoms with Gasteiger partial charge in [-0.15, -0.1) is 0 Å². The Morgan fingerprint density at radius 3 is 2.52 bits per heavy atom. The monoisotopic (exact) mass is 415 g/mol. The summed E-state index contributed by atoms with van der Waals surface area (Å²) in [6, 6.07) is 25.2. The number of benzene rings is 3. The van der Waals surface area contributed by atoms with Gasteiger partial charge >= 0.3 is 0 Å². The number of nitrogens with zero attached hydrogens (tertiary/aromatic N) is 1. The second kappa shape index (κ2) is 10.1. The molecule has 0 aliphatic heterocycles. The molecule has 0 radical (unpaired) electrons. The Bertz CT molecular complexity index is 1100. The van der Waals surface area contributed by atoms with Crippen LogP contribution in [0.4, 0.5) is 0 Å². The molecule has 1 aromatic heterocycles. The van der Waals surface area contributed by atoms with Crippen LogP contribution in [0.1, 0.15) is 21.7 Å². The number of aldehydes is 1. The molecule has 4 rings (SSSR count). The first-order valence-electron chi connectivity index (χ1n) is 10.3. The zero-order valence-electron chi connectivity index (χ0n) is 17.2. The van der Waals surface area contributed by atoms with E-state index in [0.717, 1.165) is 12.0 Å². The topological polar surface area (TPSA) is 62.9 Å². The lowest BCUT2D eigenvalue weighted by Crippen LogP contribution is -2.35. The molecule has 0 aliphatic carbocycles. The van der Waals surface area contributed by atoms with E-state index in [2.05, 4.69) is 35.2 Å². The summed E-state index contributed by atoms with van der Waals surface area (Å²) >= 11 is 0. The number of aliphatic hydroxyl groups excluding tert-OH is 1. The Balaban J connectivity index is 1.44. The van der Waals surface area contributed by atoms with Crippen molar-refractivity contribution >= 4 is 17.1 Å². The minimum atomic E-state index is -0.685. The van der Waals surface area contributed by atoms with Crippen LogP contribution >= 0.6 is 0 Å². The second-order valence-electron chi connectivity index (χ2n) is 7.54. The van der Waals surface area contributed by atoms with Gasteiger partial charge in [0.15, 0.2) is 0 Å². The van der Waals surface area contributed by atoms with E-state index in [1.807, 2.05) is 24.3 Å². The number of furan rings is 1. The van der Waals surface area contributed by atoms with Crippen molar-refractivity contribution in [1.82, 2.24) is 4.90 Å². The number of carbonyl (C=O) groups excluding carboxylic acids is 1. The van der Waals surface area contributed by atoms with Gasteiger partial charge in [0, 0.05) is 18.7 Å². The van der Waals surface area contributed by atoms with Gasteiger partial charge in [-0.3, -0.25) is 9.69 Å². The molecule has 1 unspecified atom stereocenters. The first kappa shape index (κ1) is 20.8. The lowest BCUT2D eigenvalue weighted by molar-refractivity contribution is 0.0606. The number of ether oxygens (including phenoxy) is 1. The third kappa shape index (κ3) is 5.60. The highest BCUT2D eigenvalue weighted by atomic mass is 16.5. The van der Waals surface area contributed by atoms with Crippen LogP contribution in [0, 0.1) is 0 Å². The first-order chi connectivity index (χ1) is 15.2. The molecule has 0 amide bonds. The van der Waals surface area contributed by atoms with E-state index in [9.17, 15) is 9.90 Å². The molecular formula is C26H25NO4. The summed E-state index contributed by atoms with van der Waals surface area (Å²) in [6.45, 7) is 1.84. The van der Waals surface area contributed by atoms with E-state index in [0.29, 0.717) is 30.9 Å². The van der Waals surface area contributed by atoms with E-state index >= 15 is 0 Å². The average molecular weight is 415 g/mol. The highest BCUT2D eigenvalue weighted by Gasteiger charge is 2.16. The van der Waals surface area contributed by atoms with Crippen LogP contribution in [-0.2, 0) is 13.1 Å².